The molecule has 0 aromatic heterocycles. The molecular weight excluding hydrogens is 274 g/mol. The Morgan fingerprint density at radius 1 is 1.37 bits per heavy atom. The van der Waals surface area contributed by atoms with Crippen LogP contribution in [0.15, 0.2) is 29.7 Å². The Morgan fingerprint density at radius 3 is 2.21 bits per heavy atom. The number of sulfonamides is 1. The van der Waals surface area contributed by atoms with E-state index in [-0.39, 0.29) is 12.2 Å². The Labute approximate surface area is 111 Å². The molecule has 0 fully saturated rings. The Bertz CT molecular complexity index is 562. The zero-order valence-corrected chi connectivity index (χ0v) is 11.5. The molecule has 0 aliphatic rings. The third-order valence-electron chi connectivity index (χ3n) is 2.47. The second-order valence-corrected chi connectivity index (χ2v) is 6.10. The van der Waals surface area contributed by atoms with Gasteiger partial charge in [-0.3, -0.25) is 0 Å². The molecule has 0 aliphatic carbocycles. The van der Waals surface area contributed by atoms with Gasteiger partial charge in [0.05, 0.1) is 0 Å². The predicted molar refractivity (Wildman–Crippen MR) is 70.0 cm³/mol. The van der Waals surface area contributed by atoms with Crippen molar-refractivity contribution < 1.29 is 17.2 Å². The number of benzene rings is 1. The van der Waals surface area contributed by atoms with E-state index >= 15 is 0 Å². The number of anilines is 1. The van der Waals surface area contributed by atoms with E-state index in [1.54, 1.807) is 13.8 Å². The van der Waals surface area contributed by atoms with Gasteiger partial charge in [-0.1, -0.05) is 6.08 Å². The highest BCUT2D eigenvalue weighted by molar-refractivity contribution is 7.89. The lowest BCUT2D eigenvalue weighted by molar-refractivity contribution is 0.376. The zero-order valence-electron chi connectivity index (χ0n) is 10.7. The molecule has 0 heterocycles. The number of nitrogen functional groups attached to an aromatic ring is 1. The van der Waals surface area contributed by atoms with Crippen LogP contribution in [0.25, 0.3) is 0 Å². The minimum absolute atomic E-state index is 0.0384. The van der Waals surface area contributed by atoms with Gasteiger partial charge in [-0.25, -0.2) is 17.2 Å². The lowest BCUT2D eigenvalue weighted by Gasteiger charge is -2.25. The number of nitrogens with two attached hydrogens (primary N) is 1. The third-order valence-corrected chi connectivity index (χ3v) is 4.57. The normalized spacial score (nSPS) is 12.1. The second kappa shape index (κ2) is 5.66. The zero-order chi connectivity index (χ0) is 14.8. The van der Waals surface area contributed by atoms with Crippen molar-refractivity contribution in [2.75, 3.05) is 12.3 Å². The fraction of sp³-hybridized carbons (Fsp3) is 0.333. The number of rotatable bonds is 5. The quantitative estimate of drug-likeness (QED) is 0.667. The van der Waals surface area contributed by atoms with Gasteiger partial charge in [0.1, 0.15) is 11.6 Å². The highest BCUT2D eigenvalue weighted by Gasteiger charge is 2.32. The van der Waals surface area contributed by atoms with Crippen LogP contribution in [0.2, 0.25) is 0 Å². The maximum Gasteiger partial charge on any atom is 0.249 e. The van der Waals surface area contributed by atoms with Gasteiger partial charge in [0.15, 0.2) is 4.90 Å². The lowest BCUT2D eigenvalue weighted by atomic mass is 10.3. The molecular formula is C12H16F2N2O2S. The van der Waals surface area contributed by atoms with E-state index in [1.807, 2.05) is 0 Å². The number of hydrogen-bond donors (Lipinski definition) is 1. The summed E-state index contributed by atoms with van der Waals surface area (Å²) in [4.78, 5) is -0.989. The van der Waals surface area contributed by atoms with Crippen molar-refractivity contribution in [3.8, 4) is 0 Å². The summed E-state index contributed by atoms with van der Waals surface area (Å²) in [6, 6.07) is 1.10. The summed E-state index contributed by atoms with van der Waals surface area (Å²) in [7, 11) is -4.28. The number of halogens is 2. The maximum atomic E-state index is 13.7. The molecule has 1 aromatic rings. The molecule has 0 bridgehead atoms. The van der Waals surface area contributed by atoms with Crippen LogP contribution in [-0.2, 0) is 10.0 Å². The van der Waals surface area contributed by atoms with Gasteiger partial charge >= 0.3 is 0 Å². The van der Waals surface area contributed by atoms with Crippen LogP contribution < -0.4 is 5.73 Å². The van der Waals surface area contributed by atoms with E-state index in [2.05, 4.69) is 6.58 Å². The standard InChI is InChI=1S/C12H16F2N2O2S/c1-4-5-16(8(2)3)19(17,18)12-10(13)6-9(15)7-11(12)14/h4,6-8H,1,5,15H2,2-3H3. The summed E-state index contributed by atoms with van der Waals surface area (Å²) in [5.41, 5.74) is 5.09. The molecule has 0 atom stereocenters. The first-order valence-electron chi connectivity index (χ1n) is 5.59. The fourth-order valence-electron chi connectivity index (χ4n) is 1.66. The average molecular weight is 290 g/mol. The van der Waals surface area contributed by atoms with Gasteiger partial charge in [-0.05, 0) is 26.0 Å². The Morgan fingerprint density at radius 2 is 1.84 bits per heavy atom. The van der Waals surface area contributed by atoms with Crippen LogP contribution in [0.1, 0.15) is 13.8 Å². The van der Waals surface area contributed by atoms with Crippen molar-refractivity contribution in [1.82, 2.24) is 4.31 Å². The molecule has 7 heteroatoms. The van der Waals surface area contributed by atoms with Crippen LogP contribution in [0.5, 0.6) is 0 Å². The molecule has 106 valence electrons. The average Bonchev–Trinajstić information content (AvgIpc) is 2.22. The molecule has 1 aromatic carbocycles. The molecule has 4 nitrogen and oxygen atoms in total. The van der Waals surface area contributed by atoms with Crippen LogP contribution in [0.4, 0.5) is 14.5 Å². The van der Waals surface area contributed by atoms with E-state index in [9.17, 15) is 17.2 Å². The van der Waals surface area contributed by atoms with Gasteiger partial charge in [0.2, 0.25) is 10.0 Å². The molecule has 19 heavy (non-hydrogen) atoms. The SMILES string of the molecule is C=CCN(C(C)C)S(=O)(=O)c1c(F)cc(N)cc1F. The molecule has 0 saturated carbocycles. The minimum atomic E-state index is -4.28. The Balaban J connectivity index is 3.46. The topological polar surface area (TPSA) is 63.4 Å². The molecule has 0 amide bonds. The van der Waals surface area contributed by atoms with Crippen molar-refractivity contribution in [1.29, 1.82) is 0 Å². The van der Waals surface area contributed by atoms with Crippen LogP contribution in [0, 0.1) is 11.6 Å². The summed E-state index contributed by atoms with van der Waals surface area (Å²) in [5, 5.41) is 0. The van der Waals surface area contributed by atoms with E-state index < -0.39 is 32.6 Å². The molecule has 0 spiro atoms. The van der Waals surface area contributed by atoms with Gasteiger partial charge in [0.25, 0.3) is 0 Å². The predicted octanol–water partition coefficient (Wildman–Crippen LogP) is 2.13. The van der Waals surface area contributed by atoms with Gasteiger partial charge < -0.3 is 5.73 Å². The fourth-order valence-corrected chi connectivity index (χ4v) is 3.36. The first-order chi connectivity index (χ1) is 8.71. The van der Waals surface area contributed by atoms with Gasteiger partial charge in [-0.15, -0.1) is 6.58 Å². The second-order valence-electron chi connectivity index (χ2n) is 4.27. The Hall–Kier alpha value is -1.47. The van der Waals surface area contributed by atoms with E-state index in [0.717, 1.165) is 16.4 Å². The molecule has 0 saturated heterocycles. The van der Waals surface area contributed by atoms with Gasteiger partial charge in [0, 0.05) is 18.3 Å². The maximum absolute atomic E-state index is 13.7. The van der Waals surface area contributed by atoms with E-state index in [1.165, 1.54) is 6.08 Å². The van der Waals surface area contributed by atoms with Crippen molar-refractivity contribution in [2.24, 2.45) is 0 Å². The summed E-state index contributed by atoms with van der Waals surface area (Å²) in [6.45, 7) is 6.61. The summed E-state index contributed by atoms with van der Waals surface area (Å²) >= 11 is 0. The van der Waals surface area contributed by atoms with Crippen molar-refractivity contribution in [3.05, 3.63) is 36.4 Å². The first kappa shape index (κ1) is 15.6. The largest absolute Gasteiger partial charge is 0.399 e. The Kier molecular flexibility index (Phi) is 4.65. The van der Waals surface area contributed by atoms with Crippen molar-refractivity contribution >= 4 is 15.7 Å². The highest BCUT2D eigenvalue weighted by Crippen LogP contribution is 2.26. The van der Waals surface area contributed by atoms with Crippen molar-refractivity contribution in [3.63, 3.8) is 0 Å². The summed E-state index contributed by atoms with van der Waals surface area (Å²) < 4.78 is 52.9. The third kappa shape index (κ3) is 3.10. The van der Waals surface area contributed by atoms with Crippen LogP contribution in [0.3, 0.4) is 0 Å². The first-order valence-corrected chi connectivity index (χ1v) is 7.03. The monoisotopic (exact) mass is 290 g/mol. The summed E-state index contributed by atoms with van der Waals surface area (Å²) in [6.07, 6.45) is 1.35. The van der Waals surface area contributed by atoms with Crippen LogP contribution >= 0.6 is 0 Å². The lowest BCUT2D eigenvalue weighted by Crippen LogP contribution is -2.37. The smallest absolute Gasteiger partial charge is 0.249 e. The number of hydrogen-bond acceptors (Lipinski definition) is 3. The molecule has 0 aliphatic heterocycles. The van der Waals surface area contributed by atoms with Gasteiger partial charge in [-0.2, -0.15) is 4.31 Å². The van der Waals surface area contributed by atoms with Crippen molar-refractivity contribution in [2.45, 2.75) is 24.8 Å². The summed E-state index contributed by atoms with van der Waals surface area (Å²) in [5.74, 6) is -2.40. The highest BCUT2D eigenvalue weighted by atomic mass is 32.2. The van der Waals surface area contributed by atoms with E-state index in [0.29, 0.717) is 0 Å². The van der Waals surface area contributed by atoms with E-state index in [4.69, 9.17) is 5.73 Å². The molecule has 0 unspecified atom stereocenters. The number of nitrogens with zero attached hydrogens (tertiary/aromatic N) is 1. The molecule has 1 rings (SSSR count). The molecule has 2 N–H and O–H groups in total. The molecule has 0 radical (unpaired) electrons. The van der Waals surface area contributed by atoms with Crippen LogP contribution in [-0.4, -0.2) is 25.3 Å². The minimum Gasteiger partial charge on any atom is -0.399 e.